The van der Waals surface area contributed by atoms with Gasteiger partial charge >= 0.3 is 0 Å². The zero-order chi connectivity index (χ0) is 28.9. The minimum Gasteiger partial charge on any atom is -0.497 e. The number of alkyl halides is 1. The molecular weight excluding hydrogens is 516 g/mol. The summed E-state index contributed by atoms with van der Waals surface area (Å²) in [5.74, 6) is -0.303. The maximum atomic E-state index is 14.7. The molecule has 1 atom stereocenters. The maximum Gasteiger partial charge on any atom is 0.254 e. The first-order valence-corrected chi connectivity index (χ1v) is 13.0. The number of nitrogens with zero attached hydrogens (tertiary/aromatic N) is 2. The Kier molecular flexibility index (Phi) is 8.68. The lowest BCUT2D eigenvalue weighted by atomic mass is 9.97. The molecule has 208 valence electrons. The van der Waals surface area contributed by atoms with Crippen molar-refractivity contribution in [2.45, 2.75) is 44.8 Å². The number of ether oxygens (including phenoxy) is 2. The molecule has 1 aliphatic heterocycles. The number of benzene rings is 3. The number of hydrogen-bond donors (Lipinski definition) is 1. The van der Waals surface area contributed by atoms with E-state index in [2.05, 4.69) is 5.32 Å². The topological polar surface area (TPSA) is 91.7 Å². The lowest BCUT2D eigenvalue weighted by Gasteiger charge is -2.27. The second-order valence-corrected chi connectivity index (χ2v) is 10.1. The van der Waals surface area contributed by atoms with Gasteiger partial charge in [0.1, 0.15) is 35.1 Å². The minimum absolute atomic E-state index is 0.0886. The molecule has 1 aliphatic rings. The predicted octanol–water partition coefficient (Wildman–Crippen LogP) is 6.03. The van der Waals surface area contributed by atoms with Gasteiger partial charge in [-0.2, -0.15) is 5.26 Å². The Morgan fingerprint density at radius 2 is 1.82 bits per heavy atom. The lowest BCUT2D eigenvalue weighted by molar-refractivity contribution is -0.119. The third kappa shape index (κ3) is 6.75. The summed E-state index contributed by atoms with van der Waals surface area (Å²) in [5.41, 5.74) is 1.57. The second kappa shape index (κ2) is 12.2. The highest BCUT2D eigenvalue weighted by Gasteiger charge is 2.33. The van der Waals surface area contributed by atoms with Crippen molar-refractivity contribution in [2.75, 3.05) is 30.5 Å². The van der Waals surface area contributed by atoms with E-state index in [1.54, 1.807) is 53.4 Å². The van der Waals surface area contributed by atoms with E-state index in [0.717, 1.165) is 5.56 Å². The van der Waals surface area contributed by atoms with Crippen LogP contribution in [0.5, 0.6) is 11.5 Å². The van der Waals surface area contributed by atoms with Gasteiger partial charge in [-0.3, -0.25) is 9.59 Å². The number of rotatable bonds is 11. The van der Waals surface area contributed by atoms with E-state index in [9.17, 15) is 18.4 Å². The van der Waals surface area contributed by atoms with Crippen LogP contribution in [0.2, 0.25) is 0 Å². The van der Waals surface area contributed by atoms with E-state index >= 15 is 0 Å². The standard InChI is InChI=1S/C31H31F2N3O4/c1-31(2,33)22-9-6-20-12-13-36(28(20)15-22)30(38)29(21-7-10-23(32)11-8-21)35-24-16-26(39-3)18-27(17-24)40-14-4-5-25(37)19-34/h6-11,15-18,29,35H,4-5,12-14H2,1-3H3. The van der Waals surface area contributed by atoms with Crippen LogP contribution in [-0.4, -0.2) is 32.0 Å². The molecule has 9 heteroatoms. The molecule has 0 aromatic heterocycles. The fraction of sp³-hybridized carbons (Fsp3) is 0.323. The molecule has 1 amide bonds. The van der Waals surface area contributed by atoms with Gasteiger partial charge in [0, 0.05) is 42.5 Å². The number of nitrogens with one attached hydrogen (secondary N) is 1. The summed E-state index contributed by atoms with van der Waals surface area (Å²) in [6.45, 7) is 3.58. The molecule has 3 aromatic rings. The summed E-state index contributed by atoms with van der Waals surface area (Å²) in [6, 6.07) is 16.8. The van der Waals surface area contributed by atoms with Crippen LogP contribution in [0.15, 0.2) is 60.7 Å². The van der Waals surface area contributed by atoms with Crippen molar-refractivity contribution >= 4 is 23.1 Å². The molecule has 0 bridgehead atoms. The number of halogens is 2. The molecule has 1 heterocycles. The Morgan fingerprint density at radius 1 is 1.10 bits per heavy atom. The van der Waals surface area contributed by atoms with E-state index < -0.39 is 23.3 Å². The number of nitriles is 1. The van der Waals surface area contributed by atoms with Crippen molar-refractivity contribution in [3.63, 3.8) is 0 Å². The highest BCUT2D eigenvalue weighted by atomic mass is 19.1. The molecule has 7 nitrogen and oxygen atoms in total. The van der Waals surface area contributed by atoms with Crippen molar-refractivity contribution in [3.05, 3.63) is 83.2 Å². The first kappa shape index (κ1) is 28.6. The summed E-state index contributed by atoms with van der Waals surface area (Å²) in [7, 11) is 1.50. The first-order chi connectivity index (χ1) is 19.1. The molecule has 0 fully saturated rings. The Balaban J connectivity index is 1.63. The van der Waals surface area contributed by atoms with Crippen LogP contribution in [0.4, 0.5) is 20.2 Å². The first-order valence-electron chi connectivity index (χ1n) is 13.0. The summed E-state index contributed by atoms with van der Waals surface area (Å²) >= 11 is 0. The molecule has 0 saturated heterocycles. The smallest absolute Gasteiger partial charge is 0.254 e. The van der Waals surface area contributed by atoms with Gasteiger partial charge in [-0.05, 0) is 61.6 Å². The number of anilines is 2. The van der Waals surface area contributed by atoms with E-state index in [-0.39, 0.29) is 18.9 Å². The molecule has 0 saturated carbocycles. The van der Waals surface area contributed by atoms with Crippen molar-refractivity contribution in [2.24, 2.45) is 0 Å². The molecule has 3 aromatic carbocycles. The van der Waals surface area contributed by atoms with Crippen molar-refractivity contribution in [1.82, 2.24) is 0 Å². The fourth-order valence-corrected chi connectivity index (χ4v) is 4.58. The third-order valence-corrected chi connectivity index (χ3v) is 6.75. The Bertz CT molecular complexity index is 1430. The average Bonchev–Trinajstić information content (AvgIpc) is 3.37. The Labute approximate surface area is 232 Å². The van der Waals surface area contributed by atoms with E-state index in [1.807, 2.05) is 6.07 Å². The number of fused-ring (bicyclic) bond motifs is 1. The van der Waals surface area contributed by atoms with Crippen LogP contribution in [0.1, 0.15) is 49.4 Å². The molecule has 40 heavy (non-hydrogen) atoms. The molecule has 1 unspecified atom stereocenters. The molecule has 0 radical (unpaired) electrons. The summed E-state index contributed by atoms with van der Waals surface area (Å²) in [5, 5.41) is 11.9. The molecule has 0 aliphatic carbocycles. The highest BCUT2D eigenvalue weighted by molar-refractivity contribution is 6.01. The quantitative estimate of drug-likeness (QED) is 0.233. The zero-order valence-electron chi connectivity index (χ0n) is 22.7. The van der Waals surface area contributed by atoms with E-state index in [4.69, 9.17) is 14.7 Å². The Hall–Kier alpha value is -4.45. The number of amides is 1. The van der Waals surface area contributed by atoms with Gasteiger partial charge in [-0.1, -0.05) is 24.3 Å². The predicted molar refractivity (Wildman–Crippen MR) is 148 cm³/mol. The van der Waals surface area contributed by atoms with E-state index in [0.29, 0.717) is 53.4 Å². The van der Waals surface area contributed by atoms with Crippen LogP contribution >= 0.6 is 0 Å². The van der Waals surface area contributed by atoms with Gasteiger partial charge in [-0.15, -0.1) is 0 Å². The lowest BCUT2D eigenvalue weighted by Crippen LogP contribution is -2.37. The van der Waals surface area contributed by atoms with Crippen LogP contribution in [-0.2, 0) is 21.7 Å². The minimum atomic E-state index is -1.57. The SMILES string of the molecule is COc1cc(NC(C(=O)N2CCc3ccc(C(C)(C)F)cc32)c2ccc(F)cc2)cc(OCCCC(=O)C#N)c1. The van der Waals surface area contributed by atoms with Crippen molar-refractivity contribution < 1.29 is 27.8 Å². The molecular formula is C31H31F2N3O4. The largest absolute Gasteiger partial charge is 0.497 e. The van der Waals surface area contributed by atoms with Gasteiger partial charge in [0.2, 0.25) is 5.78 Å². The second-order valence-electron chi connectivity index (χ2n) is 10.1. The highest BCUT2D eigenvalue weighted by Crippen LogP contribution is 2.37. The summed E-state index contributed by atoms with van der Waals surface area (Å²) in [6.07, 6.45) is 1.09. The van der Waals surface area contributed by atoms with Crippen molar-refractivity contribution in [1.29, 1.82) is 5.26 Å². The average molecular weight is 548 g/mol. The van der Waals surface area contributed by atoms with Gasteiger partial charge in [0.25, 0.3) is 5.91 Å². The van der Waals surface area contributed by atoms with Gasteiger partial charge in [0.05, 0.1) is 13.7 Å². The number of methoxy groups -OCH3 is 1. The normalized spacial score (nSPS) is 13.2. The fourth-order valence-electron chi connectivity index (χ4n) is 4.58. The van der Waals surface area contributed by atoms with Gasteiger partial charge in [-0.25, -0.2) is 8.78 Å². The Morgan fingerprint density at radius 3 is 2.50 bits per heavy atom. The molecule has 4 rings (SSSR count). The maximum absolute atomic E-state index is 14.7. The summed E-state index contributed by atoms with van der Waals surface area (Å²) in [4.78, 5) is 26.9. The van der Waals surface area contributed by atoms with Crippen LogP contribution in [0.3, 0.4) is 0 Å². The van der Waals surface area contributed by atoms with Crippen molar-refractivity contribution in [3.8, 4) is 17.6 Å². The van der Waals surface area contributed by atoms with Crippen LogP contribution < -0.4 is 19.7 Å². The molecule has 0 spiro atoms. The van der Waals surface area contributed by atoms with E-state index in [1.165, 1.54) is 33.1 Å². The number of carbonyl (C=O) groups excluding carboxylic acids is 2. The number of carbonyl (C=O) groups is 2. The summed E-state index contributed by atoms with van der Waals surface area (Å²) < 4.78 is 39.7. The van der Waals surface area contributed by atoms with Crippen LogP contribution in [0.25, 0.3) is 0 Å². The van der Waals surface area contributed by atoms with Crippen LogP contribution in [0, 0.1) is 17.1 Å². The molecule has 1 N–H and O–H groups in total. The third-order valence-electron chi connectivity index (χ3n) is 6.75. The van der Waals surface area contributed by atoms with Gasteiger partial charge in [0.15, 0.2) is 0 Å². The monoisotopic (exact) mass is 547 g/mol. The number of ketones is 1. The number of Topliss-reactive ketones (excluding diaryl/α,β-unsaturated/α-hetero) is 1. The van der Waals surface area contributed by atoms with Gasteiger partial charge < -0.3 is 19.7 Å². The zero-order valence-corrected chi connectivity index (χ0v) is 22.7. The number of hydrogen-bond acceptors (Lipinski definition) is 6.